The molecule has 1 aliphatic rings. The van der Waals surface area contributed by atoms with E-state index in [4.69, 9.17) is 5.26 Å². The molecule has 112 valence electrons. The second-order valence-electron chi connectivity index (χ2n) is 6.68. The molecule has 2 rings (SSSR count). The van der Waals surface area contributed by atoms with Crippen LogP contribution in [0, 0.1) is 29.6 Å². The minimum Gasteiger partial charge on any atom is -0.325 e. The van der Waals surface area contributed by atoms with Crippen molar-refractivity contribution in [3.63, 3.8) is 0 Å². The highest BCUT2D eigenvalue weighted by atomic mass is 16.2. The summed E-state index contributed by atoms with van der Waals surface area (Å²) in [6, 6.07) is 7.57. The maximum absolute atomic E-state index is 12.8. The molecule has 0 spiro atoms. The highest BCUT2D eigenvalue weighted by molar-refractivity contribution is 5.96. The molecule has 0 aromatic heterocycles. The highest BCUT2D eigenvalue weighted by Crippen LogP contribution is 2.44. The van der Waals surface area contributed by atoms with Gasteiger partial charge in [-0.15, -0.1) is 0 Å². The molecule has 1 N–H and O–H groups in total. The van der Waals surface area contributed by atoms with Gasteiger partial charge in [0.25, 0.3) is 0 Å². The van der Waals surface area contributed by atoms with Crippen molar-refractivity contribution in [3.8, 4) is 6.07 Å². The van der Waals surface area contributed by atoms with Gasteiger partial charge in [-0.1, -0.05) is 32.8 Å². The smallest absolute Gasteiger partial charge is 0.230 e. The summed E-state index contributed by atoms with van der Waals surface area (Å²) in [6.45, 7) is 6.31. The van der Waals surface area contributed by atoms with E-state index in [0.29, 0.717) is 11.5 Å². The highest BCUT2D eigenvalue weighted by Gasteiger charge is 2.41. The van der Waals surface area contributed by atoms with Crippen LogP contribution >= 0.6 is 0 Å². The summed E-state index contributed by atoms with van der Waals surface area (Å²) < 4.78 is 0. The van der Waals surface area contributed by atoms with Crippen molar-refractivity contribution in [2.75, 3.05) is 5.32 Å². The monoisotopic (exact) mass is 284 g/mol. The normalized spacial score (nSPS) is 16.7. The zero-order valence-electron chi connectivity index (χ0n) is 13.2. The summed E-state index contributed by atoms with van der Waals surface area (Å²) in [7, 11) is 0. The molecule has 0 saturated heterocycles. The van der Waals surface area contributed by atoms with E-state index in [9.17, 15) is 4.79 Å². The number of nitrogens with one attached hydrogen (secondary N) is 1. The van der Waals surface area contributed by atoms with E-state index in [2.05, 4.69) is 25.2 Å². The Balaban J connectivity index is 2.22. The fraction of sp³-hybridized carbons (Fsp3) is 0.556. The van der Waals surface area contributed by atoms with E-state index in [1.165, 1.54) is 0 Å². The number of aryl methyl sites for hydroxylation is 1. The van der Waals surface area contributed by atoms with Crippen molar-refractivity contribution < 1.29 is 4.79 Å². The van der Waals surface area contributed by atoms with Crippen molar-refractivity contribution in [3.05, 3.63) is 29.3 Å². The van der Waals surface area contributed by atoms with Crippen LogP contribution in [0.2, 0.25) is 0 Å². The third kappa shape index (κ3) is 3.44. The van der Waals surface area contributed by atoms with Crippen LogP contribution in [0.25, 0.3) is 0 Å². The first-order chi connectivity index (χ1) is 9.97. The maximum Gasteiger partial charge on any atom is 0.230 e. The second kappa shape index (κ2) is 6.30. The number of anilines is 1. The van der Waals surface area contributed by atoms with Crippen molar-refractivity contribution in [1.82, 2.24) is 0 Å². The van der Waals surface area contributed by atoms with Crippen LogP contribution < -0.4 is 5.32 Å². The number of hydrogen-bond acceptors (Lipinski definition) is 2. The standard InChI is InChI=1S/C18H24N2O/c1-13(2)11-18(8-4-5-9-18)17(21)20-16-10-15(12-19)7-6-14(16)3/h6-7,10,13H,4-5,8-9,11H2,1-3H3,(H,20,21). The molecule has 1 amide bonds. The van der Waals surface area contributed by atoms with Gasteiger partial charge >= 0.3 is 0 Å². The Labute approximate surface area is 127 Å². The lowest BCUT2D eigenvalue weighted by Gasteiger charge is -2.29. The predicted octanol–water partition coefficient (Wildman–Crippen LogP) is 4.41. The molecule has 1 fully saturated rings. The van der Waals surface area contributed by atoms with E-state index >= 15 is 0 Å². The van der Waals surface area contributed by atoms with Gasteiger partial charge in [0.2, 0.25) is 5.91 Å². The Hall–Kier alpha value is -1.82. The number of carbonyl (C=O) groups is 1. The lowest BCUT2D eigenvalue weighted by molar-refractivity contribution is -0.126. The van der Waals surface area contributed by atoms with Gasteiger partial charge in [-0.05, 0) is 49.8 Å². The van der Waals surface area contributed by atoms with Gasteiger partial charge in [-0.25, -0.2) is 0 Å². The quantitative estimate of drug-likeness (QED) is 0.890. The molecule has 3 heteroatoms. The molecular formula is C18H24N2O. The van der Waals surface area contributed by atoms with E-state index < -0.39 is 0 Å². The van der Waals surface area contributed by atoms with E-state index in [0.717, 1.165) is 43.4 Å². The number of carbonyl (C=O) groups excluding carboxylic acids is 1. The molecule has 1 aromatic rings. The number of rotatable bonds is 4. The van der Waals surface area contributed by atoms with Crippen molar-refractivity contribution in [2.24, 2.45) is 11.3 Å². The first-order valence-corrected chi connectivity index (χ1v) is 7.79. The van der Waals surface area contributed by atoms with E-state index in [-0.39, 0.29) is 11.3 Å². The third-order valence-corrected chi connectivity index (χ3v) is 4.46. The fourth-order valence-electron chi connectivity index (χ4n) is 3.44. The topological polar surface area (TPSA) is 52.9 Å². The number of benzene rings is 1. The largest absolute Gasteiger partial charge is 0.325 e. The van der Waals surface area contributed by atoms with Gasteiger partial charge in [0.15, 0.2) is 0 Å². The second-order valence-corrected chi connectivity index (χ2v) is 6.68. The minimum absolute atomic E-state index is 0.131. The van der Waals surface area contributed by atoms with E-state index in [1.807, 2.05) is 13.0 Å². The maximum atomic E-state index is 12.8. The number of amides is 1. The first kappa shape index (κ1) is 15.6. The van der Waals surface area contributed by atoms with Crippen LogP contribution in [-0.2, 0) is 4.79 Å². The molecular weight excluding hydrogens is 260 g/mol. The number of nitriles is 1. The predicted molar refractivity (Wildman–Crippen MR) is 84.9 cm³/mol. The molecule has 0 unspecified atom stereocenters. The molecule has 0 radical (unpaired) electrons. The van der Waals surface area contributed by atoms with Gasteiger partial charge in [-0.2, -0.15) is 5.26 Å². The van der Waals surface area contributed by atoms with Gasteiger partial charge in [-0.3, -0.25) is 4.79 Å². The summed E-state index contributed by atoms with van der Waals surface area (Å²) in [6.07, 6.45) is 5.17. The van der Waals surface area contributed by atoms with Crippen molar-refractivity contribution >= 4 is 11.6 Å². The van der Waals surface area contributed by atoms with Crippen LogP contribution in [0.3, 0.4) is 0 Å². The molecule has 0 atom stereocenters. The Bertz CT molecular complexity index is 563. The number of nitrogens with zero attached hydrogens (tertiary/aromatic N) is 1. The molecule has 0 bridgehead atoms. The summed E-state index contributed by atoms with van der Waals surface area (Å²) in [4.78, 5) is 12.8. The summed E-state index contributed by atoms with van der Waals surface area (Å²) in [5.74, 6) is 0.646. The van der Waals surface area contributed by atoms with Crippen LogP contribution in [0.4, 0.5) is 5.69 Å². The van der Waals surface area contributed by atoms with Crippen LogP contribution in [-0.4, -0.2) is 5.91 Å². The SMILES string of the molecule is Cc1ccc(C#N)cc1NC(=O)C1(CC(C)C)CCCC1. The molecule has 1 aromatic carbocycles. The Kier molecular flexibility index (Phi) is 4.67. The van der Waals surface area contributed by atoms with Gasteiger partial charge in [0.1, 0.15) is 0 Å². The third-order valence-electron chi connectivity index (χ3n) is 4.46. The zero-order chi connectivity index (χ0) is 15.5. The van der Waals surface area contributed by atoms with E-state index in [1.54, 1.807) is 12.1 Å². The average Bonchev–Trinajstić information content (AvgIpc) is 2.90. The molecule has 3 nitrogen and oxygen atoms in total. The van der Waals surface area contributed by atoms with Crippen molar-refractivity contribution in [1.29, 1.82) is 5.26 Å². The summed E-state index contributed by atoms with van der Waals surface area (Å²) in [5, 5.41) is 12.1. The van der Waals surface area contributed by atoms with Crippen LogP contribution in [0.5, 0.6) is 0 Å². The molecule has 1 aliphatic carbocycles. The molecule has 0 heterocycles. The first-order valence-electron chi connectivity index (χ1n) is 7.79. The van der Waals surface area contributed by atoms with Crippen molar-refractivity contribution in [2.45, 2.75) is 52.9 Å². The summed E-state index contributed by atoms with van der Waals surface area (Å²) >= 11 is 0. The molecule has 0 aliphatic heterocycles. The zero-order valence-corrected chi connectivity index (χ0v) is 13.2. The fourth-order valence-corrected chi connectivity index (χ4v) is 3.44. The Morgan fingerprint density at radius 3 is 2.62 bits per heavy atom. The number of hydrogen-bond donors (Lipinski definition) is 1. The lowest BCUT2D eigenvalue weighted by Crippen LogP contribution is -2.35. The lowest BCUT2D eigenvalue weighted by atomic mass is 9.77. The van der Waals surface area contributed by atoms with Gasteiger partial charge in [0, 0.05) is 11.1 Å². The Morgan fingerprint density at radius 1 is 1.38 bits per heavy atom. The molecule has 1 saturated carbocycles. The molecule has 21 heavy (non-hydrogen) atoms. The Morgan fingerprint density at radius 2 is 2.05 bits per heavy atom. The van der Waals surface area contributed by atoms with Gasteiger partial charge < -0.3 is 5.32 Å². The van der Waals surface area contributed by atoms with Crippen LogP contribution in [0.15, 0.2) is 18.2 Å². The minimum atomic E-state index is -0.219. The summed E-state index contributed by atoms with van der Waals surface area (Å²) in [5.41, 5.74) is 2.14. The van der Waals surface area contributed by atoms with Gasteiger partial charge in [0.05, 0.1) is 11.6 Å². The van der Waals surface area contributed by atoms with Crippen LogP contribution in [0.1, 0.15) is 57.1 Å². The average molecular weight is 284 g/mol.